The number of nitrogens with two attached hydrogens (primary N) is 1. The number of rotatable bonds is 2. The van der Waals surface area contributed by atoms with Crippen molar-refractivity contribution in [3.05, 3.63) is 30.1 Å². The lowest BCUT2D eigenvalue weighted by Crippen LogP contribution is -2.33. The molecule has 2 rings (SSSR count). The second-order valence-electron chi connectivity index (χ2n) is 3.68. The van der Waals surface area contributed by atoms with Crippen molar-refractivity contribution in [3.63, 3.8) is 0 Å². The summed E-state index contributed by atoms with van der Waals surface area (Å²) in [6.07, 6.45) is 2.95. The van der Waals surface area contributed by atoms with E-state index < -0.39 is 0 Å². The molecule has 0 bridgehead atoms. The summed E-state index contributed by atoms with van der Waals surface area (Å²) in [5, 5.41) is 0. The van der Waals surface area contributed by atoms with Crippen molar-refractivity contribution in [1.29, 1.82) is 0 Å². The van der Waals surface area contributed by atoms with Crippen LogP contribution >= 0.6 is 0 Å². The maximum absolute atomic E-state index is 13.2. The molecule has 0 aliphatic heterocycles. The highest BCUT2D eigenvalue weighted by atomic mass is 19.1. The van der Waals surface area contributed by atoms with Gasteiger partial charge in [-0.05, 0) is 31.4 Å². The van der Waals surface area contributed by atoms with Crippen LogP contribution in [0, 0.1) is 5.82 Å². The van der Waals surface area contributed by atoms with Gasteiger partial charge in [0.1, 0.15) is 6.10 Å². The van der Waals surface area contributed by atoms with E-state index in [1.54, 1.807) is 18.2 Å². The number of para-hydroxylation sites is 1. The number of halogens is 1. The molecule has 3 heteroatoms. The quantitative estimate of drug-likeness (QED) is 0.784. The van der Waals surface area contributed by atoms with Gasteiger partial charge >= 0.3 is 0 Å². The number of benzene rings is 1. The lowest BCUT2D eigenvalue weighted by molar-refractivity contribution is 0.183. The number of hydrogen-bond donors (Lipinski definition) is 1. The highest BCUT2D eigenvalue weighted by Gasteiger charge is 2.26. The van der Waals surface area contributed by atoms with E-state index in [-0.39, 0.29) is 18.0 Å². The van der Waals surface area contributed by atoms with Crippen LogP contribution in [-0.2, 0) is 0 Å². The minimum Gasteiger partial charge on any atom is -0.486 e. The third-order valence-corrected chi connectivity index (χ3v) is 2.62. The van der Waals surface area contributed by atoms with E-state index in [0.29, 0.717) is 5.75 Å². The van der Waals surface area contributed by atoms with Gasteiger partial charge in [0.05, 0.1) is 0 Å². The van der Waals surface area contributed by atoms with Crippen molar-refractivity contribution >= 4 is 0 Å². The van der Waals surface area contributed by atoms with Crippen molar-refractivity contribution in [2.75, 3.05) is 0 Å². The zero-order valence-electron chi connectivity index (χ0n) is 7.95. The fraction of sp³-hybridized carbons (Fsp3) is 0.455. The van der Waals surface area contributed by atoms with Crippen molar-refractivity contribution in [2.24, 2.45) is 5.73 Å². The average molecular weight is 195 g/mol. The lowest BCUT2D eigenvalue weighted by atomic mass is 10.2. The SMILES string of the molecule is NC1CCCC1Oc1ccccc1F. The van der Waals surface area contributed by atoms with Gasteiger partial charge < -0.3 is 10.5 Å². The van der Waals surface area contributed by atoms with E-state index in [9.17, 15) is 4.39 Å². The molecule has 2 atom stereocenters. The summed E-state index contributed by atoms with van der Waals surface area (Å²) in [4.78, 5) is 0. The molecule has 2 unspecified atom stereocenters. The van der Waals surface area contributed by atoms with Gasteiger partial charge in [0.15, 0.2) is 11.6 Å². The van der Waals surface area contributed by atoms with Crippen LogP contribution in [0.2, 0.25) is 0 Å². The molecule has 2 nitrogen and oxygen atoms in total. The van der Waals surface area contributed by atoms with E-state index in [2.05, 4.69) is 0 Å². The van der Waals surface area contributed by atoms with Gasteiger partial charge in [-0.15, -0.1) is 0 Å². The summed E-state index contributed by atoms with van der Waals surface area (Å²) in [6.45, 7) is 0. The Morgan fingerprint density at radius 1 is 1.29 bits per heavy atom. The predicted molar refractivity (Wildman–Crippen MR) is 52.6 cm³/mol. The normalized spacial score (nSPS) is 26.4. The second-order valence-corrected chi connectivity index (χ2v) is 3.68. The van der Waals surface area contributed by atoms with Crippen LogP contribution in [0.25, 0.3) is 0 Å². The Kier molecular flexibility index (Phi) is 2.68. The fourth-order valence-electron chi connectivity index (χ4n) is 1.80. The molecule has 0 aromatic heterocycles. The topological polar surface area (TPSA) is 35.2 Å². The summed E-state index contributed by atoms with van der Waals surface area (Å²) in [5.41, 5.74) is 5.83. The zero-order valence-corrected chi connectivity index (χ0v) is 7.95. The van der Waals surface area contributed by atoms with Crippen LogP contribution in [0.5, 0.6) is 5.75 Å². The molecule has 1 fully saturated rings. The van der Waals surface area contributed by atoms with Crippen molar-refractivity contribution < 1.29 is 9.13 Å². The van der Waals surface area contributed by atoms with Crippen LogP contribution in [-0.4, -0.2) is 12.1 Å². The molecular weight excluding hydrogens is 181 g/mol. The molecular formula is C11H14FNO. The first kappa shape index (κ1) is 9.46. The largest absolute Gasteiger partial charge is 0.486 e. The van der Waals surface area contributed by atoms with Crippen molar-refractivity contribution in [1.82, 2.24) is 0 Å². The van der Waals surface area contributed by atoms with E-state index in [4.69, 9.17) is 10.5 Å². The van der Waals surface area contributed by atoms with Gasteiger partial charge in [-0.2, -0.15) is 0 Å². The van der Waals surface area contributed by atoms with Gasteiger partial charge in [-0.25, -0.2) is 4.39 Å². The summed E-state index contributed by atoms with van der Waals surface area (Å²) in [7, 11) is 0. The first-order valence-electron chi connectivity index (χ1n) is 4.94. The summed E-state index contributed by atoms with van der Waals surface area (Å²) >= 11 is 0. The molecule has 0 radical (unpaired) electrons. The van der Waals surface area contributed by atoms with Gasteiger partial charge in [0.25, 0.3) is 0 Å². The number of ether oxygens (including phenoxy) is 1. The molecule has 0 heterocycles. The highest BCUT2D eigenvalue weighted by molar-refractivity contribution is 5.24. The molecule has 1 aromatic rings. The molecule has 2 N–H and O–H groups in total. The molecule has 0 saturated heterocycles. The Hall–Kier alpha value is -1.09. The Morgan fingerprint density at radius 3 is 2.71 bits per heavy atom. The first-order valence-corrected chi connectivity index (χ1v) is 4.94. The minimum absolute atomic E-state index is 0.0214. The third-order valence-electron chi connectivity index (χ3n) is 2.62. The minimum atomic E-state index is -0.313. The highest BCUT2D eigenvalue weighted by Crippen LogP contribution is 2.25. The van der Waals surface area contributed by atoms with E-state index in [1.165, 1.54) is 6.07 Å². The van der Waals surface area contributed by atoms with Crippen LogP contribution in [0.4, 0.5) is 4.39 Å². The first-order chi connectivity index (χ1) is 6.77. The molecule has 1 aromatic carbocycles. The van der Waals surface area contributed by atoms with Gasteiger partial charge in [-0.1, -0.05) is 12.1 Å². The molecule has 14 heavy (non-hydrogen) atoms. The molecule has 1 aliphatic carbocycles. The molecule has 0 spiro atoms. The average Bonchev–Trinajstić information content (AvgIpc) is 2.56. The van der Waals surface area contributed by atoms with E-state index >= 15 is 0 Å². The monoisotopic (exact) mass is 195 g/mol. The fourth-order valence-corrected chi connectivity index (χ4v) is 1.80. The van der Waals surface area contributed by atoms with Gasteiger partial charge in [0, 0.05) is 6.04 Å². The molecule has 1 saturated carbocycles. The second kappa shape index (κ2) is 3.96. The Morgan fingerprint density at radius 2 is 2.07 bits per heavy atom. The zero-order chi connectivity index (χ0) is 9.97. The number of hydrogen-bond acceptors (Lipinski definition) is 2. The van der Waals surface area contributed by atoms with Crippen LogP contribution in [0.15, 0.2) is 24.3 Å². The third kappa shape index (κ3) is 1.87. The molecule has 76 valence electrons. The van der Waals surface area contributed by atoms with Crippen LogP contribution in [0.3, 0.4) is 0 Å². The van der Waals surface area contributed by atoms with Gasteiger partial charge in [0.2, 0.25) is 0 Å². The summed E-state index contributed by atoms with van der Waals surface area (Å²) < 4.78 is 18.7. The molecule has 1 aliphatic rings. The van der Waals surface area contributed by atoms with E-state index in [1.807, 2.05) is 0 Å². The van der Waals surface area contributed by atoms with Crippen LogP contribution in [0.1, 0.15) is 19.3 Å². The van der Waals surface area contributed by atoms with Crippen LogP contribution < -0.4 is 10.5 Å². The Balaban J connectivity index is 2.07. The van der Waals surface area contributed by atoms with Gasteiger partial charge in [-0.3, -0.25) is 0 Å². The van der Waals surface area contributed by atoms with Crippen molar-refractivity contribution in [3.8, 4) is 5.75 Å². The predicted octanol–water partition coefficient (Wildman–Crippen LogP) is 2.08. The Bertz CT molecular complexity index is 316. The summed E-state index contributed by atoms with van der Waals surface area (Å²) in [6, 6.07) is 6.50. The Labute approximate surface area is 82.9 Å². The lowest BCUT2D eigenvalue weighted by Gasteiger charge is -2.17. The molecule has 0 amide bonds. The summed E-state index contributed by atoms with van der Waals surface area (Å²) in [5.74, 6) is 0.00134. The smallest absolute Gasteiger partial charge is 0.165 e. The maximum atomic E-state index is 13.2. The standard InChI is InChI=1S/C11H14FNO/c12-8-4-1-2-6-10(8)14-11-7-3-5-9(11)13/h1-2,4,6,9,11H,3,5,7,13H2. The maximum Gasteiger partial charge on any atom is 0.165 e. The van der Waals surface area contributed by atoms with Crippen molar-refractivity contribution in [2.45, 2.75) is 31.4 Å². The van der Waals surface area contributed by atoms with E-state index in [0.717, 1.165) is 19.3 Å².